The number of nitrogens with one attached hydrogen (secondary N) is 1. The minimum atomic E-state index is 0.448. The third-order valence-electron chi connectivity index (χ3n) is 3.97. The fraction of sp³-hybridized carbons (Fsp3) is 1.00. The van der Waals surface area contributed by atoms with E-state index >= 15 is 0 Å². The number of hydrogen-bond acceptors (Lipinski definition) is 3. The van der Waals surface area contributed by atoms with Gasteiger partial charge in [-0.15, -0.1) is 0 Å². The number of nitrogens with two attached hydrogens (primary N) is 1. The Bertz CT molecular complexity index is 190. The standard InChI is InChI=1S/C12H24N2O/c1-9-10(6-7-15-9)8-14-12-4-2-11(13)3-5-12/h9-12,14H,2-8,13H2,1H3. The SMILES string of the molecule is CC1OCCC1CNC1CCC(N)CC1. The summed E-state index contributed by atoms with van der Waals surface area (Å²) >= 11 is 0. The van der Waals surface area contributed by atoms with E-state index in [-0.39, 0.29) is 0 Å². The molecule has 2 rings (SSSR count). The zero-order valence-electron chi connectivity index (χ0n) is 9.74. The average Bonchev–Trinajstić information content (AvgIpc) is 2.63. The minimum Gasteiger partial charge on any atom is -0.378 e. The van der Waals surface area contributed by atoms with Gasteiger partial charge in [0, 0.05) is 25.2 Å². The molecule has 1 saturated carbocycles. The molecular formula is C12H24N2O. The van der Waals surface area contributed by atoms with Crippen molar-refractivity contribution in [2.45, 2.75) is 57.2 Å². The Balaban J connectivity index is 1.65. The maximum Gasteiger partial charge on any atom is 0.0588 e. The van der Waals surface area contributed by atoms with Crippen LogP contribution in [0.2, 0.25) is 0 Å². The van der Waals surface area contributed by atoms with Gasteiger partial charge >= 0.3 is 0 Å². The van der Waals surface area contributed by atoms with Crippen LogP contribution in [0.4, 0.5) is 0 Å². The summed E-state index contributed by atoms with van der Waals surface area (Å²) in [4.78, 5) is 0. The second-order valence-corrected chi connectivity index (χ2v) is 5.14. The van der Waals surface area contributed by atoms with Crippen molar-refractivity contribution in [2.75, 3.05) is 13.2 Å². The van der Waals surface area contributed by atoms with Gasteiger partial charge in [-0.2, -0.15) is 0 Å². The van der Waals surface area contributed by atoms with E-state index in [0.29, 0.717) is 18.2 Å². The first-order valence-electron chi connectivity index (χ1n) is 6.36. The second kappa shape index (κ2) is 5.28. The molecule has 2 fully saturated rings. The topological polar surface area (TPSA) is 47.3 Å². The van der Waals surface area contributed by atoms with Crippen LogP contribution < -0.4 is 11.1 Å². The van der Waals surface area contributed by atoms with E-state index < -0.39 is 0 Å². The predicted molar refractivity (Wildman–Crippen MR) is 61.8 cm³/mol. The molecule has 3 nitrogen and oxygen atoms in total. The Hall–Kier alpha value is -0.120. The fourth-order valence-corrected chi connectivity index (χ4v) is 2.69. The molecule has 0 aromatic carbocycles. The van der Waals surface area contributed by atoms with E-state index in [0.717, 1.165) is 19.1 Å². The smallest absolute Gasteiger partial charge is 0.0588 e. The van der Waals surface area contributed by atoms with Gasteiger partial charge in [0.1, 0.15) is 0 Å². The van der Waals surface area contributed by atoms with Crippen LogP contribution in [0.25, 0.3) is 0 Å². The lowest BCUT2D eigenvalue weighted by atomic mass is 9.91. The largest absolute Gasteiger partial charge is 0.378 e. The van der Waals surface area contributed by atoms with Crippen LogP contribution in [0.15, 0.2) is 0 Å². The Labute approximate surface area is 92.7 Å². The first-order chi connectivity index (χ1) is 7.25. The molecule has 0 radical (unpaired) electrons. The molecule has 2 atom stereocenters. The molecule has 1 aliphatic carbocycles. The van der Waals surface area contributed by atoms with Gasteiger partial charge in [-0.1, -0.05) is 0 Å². The first kappa shape index (κ1) is 11.4. The Kier molecular flexibility index (Phi) is 4.00. The summed E-state index contributed by atoms with van der Waals surface area (Å²) in [6.45, 7) is 4.26. The zero-order chi connectivity index (χ0) is 10.7. The van der Waals surface area contributed by atoms with Crippen molar-refractivity contribution in [3.63, 3.8) is 0 Å². The predicted octanol–water partition coefficient (Wildman–Crippen LogP) is 1.27. The quantitative estimate of drug-likeness (QED) is 0.740. The molecule has 1 aliphatic heterocycles. The second-order valence-electron chi connectivity index (χ2n) is 5.14. The summed E-state index contributed by atoms with van der Waals surface area (Å²) in [6, 6.07) is 1.16. The van der Waals surface area contributed by atoms with Crippen LogP contribution >= 0.6 is 0 Å². The van der Waals surface area contributed by atoms with Gasteiger partial charge in [-0.25, -0.2) is 0 Å². The van der Waals surface area contributed by atoms with Gasteiger partial charge in [0.05, 0.1) is 6.10 Å². The molecule has 2 unspecified atom stereocenters. The third-order valence-corrected chi connectivity index (χ3v) is 3.97. The lowest BCUT2D eigenvalue weighted by Crippen LogP contribution is -2.40. The van der Waals surface area contributed by atoms with Gasteiger partial charge < -0.3 is 15.8 Å². The molecule has 3 heteroatoms. The molecule has 1 saturated heterocycles. The maximum atomic E-state index is 5.89. The Morgan fingerprint density at radius 1 is 1.20 bits per heavy atom. The van der Waals surface area contributed by atoms with E-state index in [1.54, 1.807) is 0 Å². The van der Waals surface area contributed by atoms with E-state index in [1.165, 1.54) is 32.1 Å². The van der Waals surface area contributed by atoms with Crippen molar-refractivity contribution in [1.29, 1.82) is 0 Å². The van der Waals surface area contributed by atoms with E-state index in [1.807, 2.05) is 0 Å². The van der Waals surface area contributed by atoms with Gasteiger partial charge in [0.2, 0.25) is 0 Å². The summed E-state index contributed by atoms with van der Waals surface area (Å²) in [7, 11) is 0. The summed E-state index contributed by atoms with van der Waals surface area (Å²) in [5.74, 6) is 0.723. The molecule has 0 aromatic heterocycles. The van der Waals surface area contributed by atoms with E-state index in [9.17, 15) is 0 Å². The van der Waals surface area contributed by atoms with Crippen molar-refractivity contribution in [3.8, 4) is 0 Å². The molecule has 88 valence electrons. The monoisotopic (exact) mass is 212 g/mol. The maximum absolute atomic E-state index is 5.89. The van der Waals surface area contributed by atoms with E-state index in [2.05, 4.69) is 12.2 Å². The summed E-state index contributed by atoms with van der Waals surface area (Å²) in [5, 5.41) is 3.68. The number of rotatable bonds is 3. The average molecular weight is 212 g/mol. The van der Waals surface area contributed by atoms with Crippen LogP contribution in [0.3, 0.4) is 0 Å². The summed E-state index contributed by atoms with van der Waals surface area (Å²) in [5.41, 5.74) is 5.89. The molecular weight excluding hydrogens is 188 g/mol. The fourth-order valence-electron chi connectivity index (χ4n) is 2.69. The highest BCUT2D eigenvalue weighted by atomic mass is 16.5. The van der Waals surface area contributed by atoms with Crippen LogP contribution in [-0.4, -0.2) is 31.3 Å². The van der Waals surface area contributed by atoms with Crippen LogP contribution in [0.1, 0.15) is 39.0 Å². The minimum absolute atomic E-state index is 0.448. The Morgan fingerprint density at radius 3 is 2.53 bits per heavy atom. The van der Waals surface area contributed by atoms with Crippen molar-refractivity contribution in [1.82, 2.24) is 5.32 Å². The molecule has 0 bridgehead atoms. The molecule has 3 N–H and O–H groups in total. The number of hydrogen-bond donors (Lipinski definition) is 2. The van der Waals surface area contributed by atoms with Crippen molar-refractivity contribution in [3.05, 3.63) is 0 Å². The van der Waals surface area contributed by atoms with Crippen LogP contribution in [0, 0.1) is 5.92 Å². The molecule has 0 spiro atoms. The summed E-state index contributed by atoms with van der Waals surface area (Å²) in [6.07, 6.45) is 6.55. The van der Waals surface area contributed by atoms with Crippen molar-refractivity contribution in [2.24, 2.45) is 11.7 Å². The molecule has 2 aliphatic rings. The van der Waals surface area contributed by atoms with E-state index in [4.69, 9.17) is 10.5 Å². The number of ether oxygens (including phenoxy) is 1. The highest BCUT2D eigenvalue weighted by Gasteiger charge is 2.25. The molecule has 0 aromatic rings. The molecule has 1 heterocycles. The molecule has 15 heavy (non-hydrogen) atoms. The van der Waals surface area contributed by atoms with Crippen molar-refractivity contribution >= 4 is 0 Å². The van der Waals surface area contributed by atoms with Crippen LogP contribution in [-0.2, 0) is 4.74 Å². The summed E-state index contributed by atoms with van der Waals surface area (Å²) < 4.78 is 5.56. The highest BCUT2D eigenvalue weighted by molar-refractivity contribution is 4.81. The lowest BCUT2D eigenvalue weighted by Gasteiger charge is -2.28. The van der Waals surface area contributed by atoms with Crippen molar-refractivity contribution < 1.29 is 4.74 Å². The van der Waals surface area contributed by atoms with Gasteiger partial charge in [0.25, 0.3) is 0 Å². The third kappa shape index (κ3) is 3.16. The Morgan fingerprint density at radius 2 is 1.93 bits per heavy atom. The van der Waals surface area contributed by atoms with Gasteiger partial charge in [-0.3, -0.25) is 0 Å². The first-order valence-corrected chi connectivity index (χ1v) is 6.36. The molecule has 0 amide bonds. The zero-order valence-corrected chi connectivity index (χ0v) is 9.74. The highest BCUT2D eigenvalue weighted by Crippen LogP contribution is 2.21. The van der Waals surface area contributed by atoms with Gasteiger partial charge in [-0.05, 0) is 44.9 Å². The van der Waals surface area contributed by atoms with Gasteiger partial charge in [0.15, 0.2) is 0 Å². The lowest BCUT2D eigenvalue weighted by molar-refractivity contribution is 0.104. The van der Waals surface area contributed by atoms with Crippen LogP contribution in [0.5, 0.6) is 0 Å². The normalized spacial score (nSPS) is 42.0.